The van der Waals surface area contributed by atoms with E-state index in [0.29, 0.717) is 11.6 Å². The molecule has 1 atom stereocenters. The molecule has 4 nitrogen and oxygen atoms in total. The van der Waals surface area contributed by atoms with Crippen molar-refractivity contribution in [2.75, 3.05) is 10.6 Å². The van der Waals surface area contributed by atoms with Crippen LogP contribution in [0.3, 0.4) is 0 Å². The van der Waals surface area contributed by atoms with E-state index in [4.69, 9.17) is 11.6 Å². The highest BCUT2D eigenvalue weighted by Crippen LogP contribution is 2.30. The summed E-state index contributed by atoms with van der Waals surface area (Å²) in [5.41, 5.74) is -0.107. The Morgan fingerprint density at radius 1 is 1.17 bits per heavy atom. The van der Waals surface area contributed by atoms with Crippen LogP contribution in [0.25, 0.3) is 0 Å². The van der Waals surface area contributed by atoms with Crippen LogP contribution >= 0.6 is 11.6 Å². The summed E-state index contributed by atoms with van der Waals surface area (Å²) in [6.45, 7) is 4.10. The number of benzene rings is 1. The lowest BCUT2D eigenvalue weighted by Gasteiger charge is -2.15. The van der Waals surface area contributed by atoms with E-state index in [-0.39, 0.29) is 17.8 Å². The fraction of sp³-hybridized carbons (Fsp3) is 0.375. The van der Waals surface area contributed by atoms with Gasteiger partial charge in [-0.1, -0.05) is 30.7 Å². The summed E-state index contributed by atoms with van der Waals surface area (Å²) in [5, 5.41) is 6.36. The Morgan fingerprint density at radius 2 is 1.83 bits per heavy atom. The SMILES string of the molecule is CC[C@H](C)Nc1nc(NCc2ccc(Cl)cc2)cc(C(F)(F)F)n1. The first-order valence-corrected chi connectivity index (χ1v) is 7.87. The zero-order chi connectivity index (χ0) is 17.7. The fourth-order valence-corrected chi connectivity index (χ4v) is 1.99. The quantitative estimate of drug-likeness (QED) is 0.765. The molecule has 0 radical (unpaired) electrons. The first-order valence-electron chi connectivity index (χ1n) is 7.49. The number of anilines is 2. The lowest BCUT2D eigenvalue weighted by atomic mass is 10.2. The van der Waals surface area contributed by atoms with Crippen molar-refractivity contribution in [1.29, 1.82) is 0 Å². The number of rotatable bonds is 6. The molecule has 2 N–H and O–H groups in total. The first kappa shape index (κ1) is 18.3. The molecule has 0 saturated carbocycles. The predicted molar refractivity (Wildman–Crippen MR) is 89.2 cm³/mol. The molecule has 0 amide bonds. The molecule has 24 heavy (non-hydrogen) atoms. The molecule has 1 heterocycles. The molecule has 0 unspecified atom stereocenters. The van der Waals surface area contributed by atoms with E-state index in [9.17, 15) is 13.2 Å². The number of hydrogen-bond donors (Lipinski definition) is 2. The predicted octanol–water partition coefficient (Wildman–Crippen LogP) is 4.97. The summed E-state index contributed by atoms with van der Waals surface area (Å²) >= 11 is 5.81. The minimum Gasteiger partial charge on any atom is -0.366 e. The normalized spacial score (nSPS) is 12.8. The van der Waals surface area contributed by atoms with Crippen molar-refractivity contribution in [2.45, 2.75) is 39.0 Å². The average Bonchev–Trinajstić information content (AvgIpc) is 2.53. The maximum Gasteiger partial charge on any atom is 0.433 e. The summed E-state index contributed by atoms with van der Waals surface area (Å²) in [5.74, 6) is 0.0656. The van der Waals surface area contributed by atoms with Gasteiger partial charge in [0.25, 0.3) is 0 Å². The van der Waals surface area contributed by atoms with E-state index < -0.39 is 11.9 Å². The second kappa shape index (κ2) is 7.70. The van der Waals surface area contributed by atoms with Crippen molar-refractivity contribution in [2.24, 2.45) is 0 Å². The van der Waals surface area contributed by atoms with Gasteiger partial charge in [-0.3, -0.25) is 0 Å². The second-order valence-electron chi connectivity index (χ2n) is 5.39. The van der Waals surface area contributed by atoms with Gasteiger partial charge < -0.3 is 10.6 Å². The number of aromatic nitrogens is 2. The van der Waals surface area contributed by atoms with Crippen molar-refractivity contribution >= 4 is 23.4 Å². The van der Waals surface area contributed by atoms with Gasteiger partial charge in [0.05, 0.1) is 0 Å². The monoisotopic (exact) mass is 358 g/mol. The topological polar surface area (TPSA) is 49.8 Å². The van der Waals surface area contributed by atoms with Gasteiger partial charge in [-0.05, 0) is 31.0 Å². The van der Waals surface area contributed by atoms with Crippen LogP contribution in [0.5, 0.6) is 0 Å². The van der Waals surface area contributed by atoms with Crippen LogP contribution in [0.4, 0.5) is 24.9 Å². The molecule has 130 valence electrons. The summed E-state index contributed by atoms with van der Waals surface area (Å²) < 4.78 is 39.0. The van der Waals surface area contributed by atoms with Gasteiger partial charge in [0.2, 0.25) is 5.95 Å². The lowest BCUT2D eigenvalue weighted by molar-refractivity contribution is -0.141. The molecule has 0 aliphatic rings. The molecule has 1 aromatic heterocycles. The van der Waals surface area contributed by atoms with Crippen molar-refractivity contribution in [3.8, 4) is 0 Å². The van der Waals surface area contributed by atoms with Crippen LogP contribution in [0.1, 0.15) is 31.5 Å². The Labute approximate surface area is 143 Å². The molecule has 1 aromatic carbocycles. The van der Waals surface area contributed by atoms with Crippen LogP contribution in [-0.4, -0.2) is 16.0 Å². The van der Waals surface area contributed by atoms with Gasteiger partial charge in [0, 0.05) is 23.7 Å². The number of halogens is 4. The molecular formula is C16H18ClF3N4. The number of nitrogens with zero attached hydrogens (tertiary/aromatic N) is 2. The fourth-order valence-electron chi connectivity index (χ4n) is 1.86. The molecule has 2 aromatic rings. The molecule has 0 saturated heterocycles. The number of hydrogen-bond acceptors (Lipinski definition) is 4. The third-order valence-corrected chi connectivity index (χ3v) is 3.64. The van der Waals surface area contributed by atoms with Crippen molar-refractivity contribution < 1.29 is 13.2 Å². The van der Waals surface area contributed by atoms with Crippen molar-refractivity contribution in [3.63, 3.8) is 0 Å². The van der Waals surface area contributed by atoms with Crippen LogP contribution in [0.15, 0.2) is 30.3 Å². The Morgan fingerprint density at radius 3 is 2.42 bits per heavy atom. The average molecular weight is 359 g/mol. The van der Waals surface area contributed by atoms with Gasteiger partial charge in [-0.25, -0.2) is 4.98 Å². The van der Waals surface area contributed by atoms with Crippen LogP contribution in [0, 0.1) is 0 Å². The zero-order valence-electron chi connectivity index (χ0n) is 13.3. The standard InChI is InChI=1S/C16H18ClF3N4/c1-3-10(2)22-15-23-13(16(18,19)20)8-14(24-15)21-9-11-4-6-12(17)7-5-11/h4-8,10H,3,9H2,1-2H3,(H2,21,22,23,24)/t10-/m0/s1. The molecule has 0 aliphatic heterocycles. The molecule has 0 aliphatic carbocycles. The van der Waals surface area contributed by atoms with Gasteiger partial charge in [-0.2, -0.15) is 18.2 Å². The van der Waals surface area contributed by atoms with Crippen LogP contribution in [-0.2, 0) is 12.7 Å². The van der Waals surface area contributed by atoms with Crippen molar-refractivity contribution in [3.05, 3.63) is 46.6 Å². The number of nitrogens with one attached hydrogen (secondary N) is 2. The Hall–Kier alpha value is -2.02. The van der Waals surface area contributed by atoms with E-state index in [2.05, 4.69) is 20.6 Å². The van der Waals surface area contributed by atoms with Gasteiger partial charge in [0.1, 0.15) is 5.82 Å². The Bertz CT molecular complexity index is 674. The third kappa shape index (κ3) is 5.26. The molecule has 0 bridgehead atoms. The molecular weight excluding hydrogens is 341 g/mol. The molecule has 8 heteroatoms. The molecule has 0 fully saturated rings. The maximum atomic E-state index is 13.0. The van der Waals surface area contributed by atoms with Crippen molar-refractivity contribution in [1.82, 2.24) is 9.97 Å². The highest BCUT2D eigenvalue weighted by atomic mass is 35.5. The van der Waals surface area contributed by atoms with E-state index in [0.717, 1.165) is 18.1 Å². The zero-order valence-corrected chi connectivity index (χ0v) is 14.0. The summed E-state index contributed by atoms with van der Waals surface area (Å²) in [4.78, 5) is 7.66. The number of alkyl halides is 3. The molecule has 0 spiro atoms. The lowest BCUT2D eigenvalue weighted by Crippen LogP contribution is -2.19. The second-order valence-corrected chi connectivity index (χ2v) is 5.83. The highest BCUT2D eigenvalue weighted by Gasteiger charge is 2.33. The van der Waals surface area contributed by atoms with Gasteiger partial charge in [0.15, 0.2) is 5.69 Å². The van der Waals surface area contributed by atoms with E-state index >= 15 is 0 Å². The minimum atomic E-state index is -4.54. The van der Waals surface area contributed by atoms with Crippen LogP contribution in [0.2, 0.25) is 5.02 Å². The highest BCUT2D eigenvalue weighted by molar-refractivity contribution is 6.30. The summed E-state index contributed by atoms with van der Waals surface area (Å²) in [6.07, 6.45) is -3.79. The summed E-state index contributed by atoms with van der Waals surface area (Å²) in [6, 6.07) is 7.89. The maximum absolute atomic E-state index is 13.0. The van der Waals surface area contributed by atoms with Gasteiger partial charge in [-0.15, -0.1) is 0 Å². The largest absolute Gasteiger partial charge is 0.433 e. The van der Waals surface area contributed by atoms with E-state index in [1.807, 2.05) is 13.8 Å². The first-order chi connectivity index (χ1) is 11.3. The minimum absolute atomic E-state index is 0.0300. The van der Waals surface area contributed by atoms with E-state index in [1.165, 1.54) is 0 Å². The third-order valence-electron chi connectivity index (χ3n) is 3.39. The summed E-state index contributed by atoms with van der Waals surface area (Å²) in [7, 11) is 0. The Balaban J connectivity index is 2.20. The van der Waals surface area contributed by atoms with Gasteiger partial charge >= 0.3 is 6.18 Å². The Kier molecular flexibility index (Phi) is 5.88. The van der Waals surface area contributed by atoms with E-state index in [1.54, 1.807) is 24.3 Å². The smallest absolute Gasteiger partial charge is 0.366 e. The molecule has 2 rings (SSSR count). The van der Waals surface area contributed by atoms with Crippen LogP contribution < -0.4 is 10.6 Å².